The van der Waals surface area contributed by atoms with Crippen LogP contribution in [0.15, 0.2) is 18.2 Å². The summed E-state index contributed by atoms with van der Waals surface area (Å²) in [4.78, 5) is 38.3. The minimum Gasteiger partial charge on any atom is -0.380 e. The van der Waals surface area contributed by atoms with Crippen LogP contribution in [-0.4, -0.2) is 59.9 Å². The molecular weight excluding hydrogens is 429 g/mol. The molecule has 4 rings (SSSR count). The zero-order valence-corrected chi connectivity index (χ0v) is 17.1. The van der Waals surface area contributed by atoms with Crippen molar-refractivity contribution in [3.63, 3.8) is 0 Å². The van der Waals surface area contributed by atoms with Crippen LogP contribution in [0.25, 0.3) is 0 Å². The molecule has 2 heterocycles. The van der Waals surface area contributed by atoms with Gasteiger partial charge in [0.2, 0.25) is 5.91 Å². The van der Waals surface area contributed by atoms with Crippen LogP contribution >= 0.6 is 0 Å². The summed E-state index contributed by atoms with van der Waals surface area (Å²) in [5, 5.41) is 12.3. The van der Waals surface area contributed by atoms with Gasteiger partial charge in [-0.3, -0.25) is 19.8 Å². The van der Waals surface area contributed by atoms with Crippen LogP contribution in [0.5, 0.6) is 0 Å². The van der Waals surface area contributed by atoms with Gasteiger partial charge in [0.05, 0.1) is 25.2 Å². The summed E-state index contributed by atoms with van der Waals surface area (Å²) < 4.78 is 42.5. The average Bonchev–Trinajstić information content (AvgIpc) is 3.02. The van der Waals surface area contributed by atoms with Crippen molar-refractivity contribution < 1.29 is 32.3 Å². The van der Waals surface area contributed by atoms with Crippen LogP contribution in [0.2, 0.25) is 0 Å². The molecule has 2 unspecified atom stereocenters. The lowest BCUT2D eigenvalue weighted by Gasteiger charge is -2.39. The molecule has 0 spiro atoms. The summed E-state index contributed by atoms with van der Waals surface area (Å²) in [6.45, 7) is 1.12. The van der Waals surface area contributed by atoms with Crippen molar-refractivity contribution in [1.29, 1.82) is 5.41 Å². The maximum Gasteiger partial charge on any atom is 0.471 e. The van der Waals surface area contributed by atoms with E-state index in [1.54, 1.807) is 11.0 Å². The van der Waals surface area contributed by atoms with Gasteiger partial charge in [0.15, 0.2) is 0 Å². The molecule has 8 nitrogen and oxygen atoms in total. The number of rotatable bonds is 4. The Morgan fingerprint density at radius 3 is 2.53 bits per heavy atom. The van der Waals surface area contributed by atoms with Crippen LogP contribution in [0.4, 0.5) is 13.2 Å². The fraction of sp³-hybridized carbons (Fsp3) is 0.524. The molecule has 0 aromatic heterocycles. The van der Waals surface area contributed by atoms with Crippen LogP contribution in [-0.2, 0) is 20.9 Å². The Balaban J connectivity index is 1.48. The van der Waals surface area contributed by atoms with E-state index in [1.807, 2.05) is 0 Å². The fourth-order valence-electron chi connectivity index (χ4n) is 4.34. The van der Waals surface area contributed by atoms with Crippen molar-refractivity contribution in [2.45, 2.75) is 50.5 Å². The fourth-order valence-corrected chi connectivity index (χ4v) is 4.34. The highest BCUT2D eigenvalue weighted by Crippen LogP contribution is 2.32. The molecule has 0 bridgehead atoms. The van der Waals surface area contributed by atoms with Crippen molar-refractivity contribution in [3.8, 4) is 0 Å². The third-order valence-corrected chi connectivity index (χ3v) is 6.19. The number of carbonyl (C=O) groups is 3. The Morgan fingerprint density at radius 1 is 1.16 bits per heavy atom. The number of nitrogens with one attached hydrogen (secondary N) is 3. The summed E-state index contributed by atoms with van der Waals surface area (Å²) in [5.74, 6) is -3.51. The van der Waals surface area contributed by atoms with Crippen LogP contribution < -0.4 is 10.6 Å². The van der Waals surface area contributed by atoms with Gasteiger partial charge in [-0.15, -0.1) is 0 Å². The molecule has 32 heavy (non-hydrogen) atoms. The monoisotopic (exact) mass is 452 g/mol. The second-order valence-electron chi connectivity index (χ2n) is 8.33. The lowest BCUT2D eigenvalue weighted by molar-refractivity contribution is -0.171. The first kappa shape index (κ1) is 22.3. The quantitative estimate of drug-likeness (QED) is 0.477. The van der Waals surface area contributed by atoms with Gasteiger partial charge in [0.1, 0.15) is 5.84 Å². The van der Waals surface area contributed by atoms with E-state index in [2.05, 4.69) is 5.32 Å². The number of amidine groups is 1. The van der Waals surface area contributed by atoms with Gasteiger partial charge >= 0.3 is 12.1 Å². The summed E-state index contributed by atoms with van der Waals surface area (Å²) in [5.41, 5.74) is 0.989. The van der Waals surface area contributed by atoms with Gasteiger partial charge in [-0.2, -0.15) is 13.2 Å². The Kier molecular flexibility index (Phi) is 5.93. The first-order chi connectivity index (χ1) is 15.1. The highest BCUT2D eigenvalue weighted by Gasteiger charge is 2.41. The van der Waals surface area contributed by atoms with E-state index in [0.717, 1.165) is 25.7 Å². The second kappa shape index (κ2) is 8.53. The molecule has 2 aliphatic heterocycles. The lowest BCUT2D eigenvalue weighted by Crippen LogP contribution is -2.56. The molecule has 3 aliphatic rings. The zero-order valence-electron chi connectivity index (χ0n) is 17.1. The van der Waals surface area contributed by atoms with Gasteiger partial charge in [-0.05, 0) is 24.5 Å². The maximum absolute atomic E-state index is 13.1. The third-order valence-electron chi connectivity index (χ3n) is 6.19. The average molecular weight is 452 g/mol. The molecule has 1 aromatic carbocycles. The predicted octanol–water partition coefficient (Wildman–Crippen LogP) is 1.72. The topological polar surface area (TPSA) is 112 Å². The van der Waals surface area contributed by atoms with Gasteiger partial charge in [-0.1, -0.05) is 25.0 Å². The van der Waals surface area contributed by atoms with E-state index in [-0.39, 0.29) is 40.9 Å². The van der Waals surface area contributed by atoms with E-state index in [9.17, 15) is 27.6 Å². The van der Waals surface area contributed by atoms with Crippen LogP contribution in [0, 0.1) is 11.3 Å². The second-order valence-corrected chi connectivity index (χ2v) is 8.33. The van der Waals surface area contributed by atoms with E-state index in [0.29, 0.717) is 25.3 Å². The Morgan fingerprint density at radius 2 is 1.88 bits per heavy atom. The van der Waals surface area contributed by atoms with E-state index >= 15 is 0 Å². The molecule has 1 aromatic rings. The molecule has 1 aliphatic carbocycles. The minimum atomic E-state index is -5.11. The number of halogens is 3. The molecule has 172 valence electrons. The summed E-state index contributed by atoms with van der Waals surface area (Å²) in [6, 6.07) is 3.95. The standard InChI is InChI=1S/C21H23F3N4O4/c22-21(23,24)20(31)27-17(25)11-5-6-12-8-28(19(30)14(12)7-11)16-4-2-1-3-15(16)26-18(29)13-9-32-10-13/h5-7,13,15-16H,1-4,8-10H2,(H,26,29)(H2,25,27,31). The number of carbonyl (C=O) groups excluding carboxylic acids is 3. The molecule has 2 atom stereocenters. The minimum absolute atomic E-state index is 0.00929. The largest absolute Gasteiger partial charge is 0.471 e. The van der Waals surface area contributed by atoms with E-state index in [4.69, 9.17) is 10.1 Å². The number of benzene rings is 1. The van der Waals surface area contributed by atoms with Crippen molar-refractivity contribution in [3.05, 3.63) is 34.9 Å². The normalized spacial score (nSPS) is 23.3. The number of amides is 3. The summed E-state index contributed by atoms with van der Waals surface area (Å²) in [7, 11) is 0. The van der Waals surface area contributed by atoms with Crippen molar-refractivity contribution >= 4 is 23.6 Å². The Bertz CT molecular complexity index is 961. The van der Waals surface area contributed by atoms with Gasteiger partial charge in [-0.25, -0.2) is 0 Å². The Labute approximate surface area is 182 Å². The number of nitrogens with zero attached hydrogens (tertiary/aromatic N) is 1. The number of fused-ring (bicyclic) bond motifs is 1. The molecule has 2 fully saturated rings. The maximum atomic E-state index is 13.1. The highest BCUT2D eigenvalue weighted by atomic mass is 19.4. The molecule has 1 saturated carbocycles. The molecular formula is C21H23F3N4O4. The van der Waals surface area contributed by atoms with Crippen molar-refractivity contribution in [2.75, 3.05) is 13.2 Å². The van der Waals surface area contributed by atoms with Gasteiger partial charge in [0.25, 0.3) is 5.91 Å². The molecule has 3 amide bonds. The van der Waals surface area contributed by atoms with E-state index < -0.39 is 17.9 Å². The van der Waals surface area contributed by atoms with Crippen molar-refractivity contribution in [2.24, 2.45) is 5.92 Å². The number of alkyl halides is 3. The first-order valence-corrected chi connectivity index (χ1v) is 10.4. The predicted molar refractivity (Wildman–Crippen MR) is 106 cm³/mol. The Hall–Kier alpha value is -2.95. The molecule has 11 heteroatoms. The first-order valence-electron chi connectivity index (χ1n) is 10.4. The SMILES string of the molecule is N=C(NC(=O)C(F)(F)F)c1ccc2c(c1)C(=O)N(C1CCCCC1NC(=O)C1COC1)C2. The van der Waals surface area contributed by atoms with Gasteiger partial charge < -0.3 is 20.3 Å². The molecule has 0 radical (unpaired) electrons. The zero-order chi connectivity index (χ0) is 23.0. The van der Waals surface area contributed by atoms with Crippen LogP contribution in [0.3, 0.4) is 0 Å². The van der Waals surface area contributed by atoms with Gasteiger partial charge in [0, 0.05) is 23.7 Å². The highest BCUT2D eigenvalue weighted by molar-refractivity contribution is 6.09. The van der Waals surface area contributed by atoms with Crippen LogP contribution in [0.1, 0.15) is 47.2 Å². The third kappa shape index (κ3) is 4.34. The van der Waals surface area contributed by atoms with Crippen molar-refractivity contribution in [1.82, 2.24) is 15.5 Å². The molecule has 3 N–H and O–H groups in total. The number of ether oxygens (including phenoxy) is 1. The van der Waals surface area contributed by atoms with E-state index in [1.165, 1.54) is 17.4 Å². The molecule has 1 saturated heterocycles. The summed E-state index contributed by atoms with van der Waals surface area (Å²) >= 11 is 0. The number of hydrogen-bond donors (Lipinski definition) is 3. The number of hydrogen-bond acceptors (Lipinski definition) is 5. The summed E-state index contributed by atoms with van der Waals surface area (Å²) in [6.07, 6.45) is -1.76. The lowest BCUT2D eigenvalue weighted by atomic mass is 9.88. The smallest absolute Gasteiger partial charge is 0.380 e.